The zero-order valence-electron chi connectivity index (χ0n) is 11.7. The second-order valence-corrected chi connectivity index (χ2v) is 4.94. The molecule has 0 saturated heterocycles. The third-order valence-corrected chi connectivity index (χ3v) is 3.52. The summed E-state index contributed by atoms with van der Waals surface area (Å²) in [6, 6.07) is 18.9. The molecule has 3 rings (SSSR count). The average molecular weight is 265 g/mol. The van der Waals surface area contributed by atoms with Gasteiger partial charge in [0, 0.05) is 19.5 Å². The van der Waals surface area contributed by atoms with Crippen LogP contribution in [0.2, 0.25) is 0 Å². The van der Waals surface area contributed by atoms with Gasteiger partial charge in [-0.1, -0.05) is 42.5 Å². The Morgan fingerprint density at radius 2 is 1.75 bits per heavy atom. The zero-order chi connectivity index (χ0) is 13.8. The van der Waals surface area contributed by atoms with Crippen molar-refractivity contribution in [3.63, 3.8) is 0 Å². The van der Waals surface area contributed by atoms with Crippen LogP contribution < -0.4 is 5.32 Å². The third kappa shape index (κ3) is 2.58. The monoisotopic (exact) mass is 265 g/mol. The molecule has 0 unspecified atom stereocenters. The fraction of sp³-hybridized carbons (Fsp3) is 0.235. The second kappa shape index (κ2) is 5.88. The molecule has 0 fully saturated rings. The summed E-state index contributed by atoms with van der Waals surface area (Å²) < 4.78 is 2.32. The Bertz CT molecular complexity index is 686. The lowest BCUT2D eigenvalue weighted by atomic mass is 10.2. The summed E-state index contributed by atoms with van der Waals surface area (Å²) in [5.41, 5.74) is 3.60. The number of nitrogens with zero attached hydrogens (tertiary/aromatic N) is 2. The molecule has 0 atom stereocenters. The first-order valence-corrected chi connectivity index (χ1v) is 7.01. The van der Waals surface area contributed by atoms with Crippen LogP contribution in [0, 0.1) is 0 Å². The van der Waals surface area contributed by atoms with Crippen LogP contribution >= 0.6 is 0 Å². The Labute approximate surface area is 119 Å². The zero-order valence-corrected chi connectivity index (χ0v) is 11.7. The average Bonchev–Trinajstić information content (AvgIpc) is 2.84. The van der Waals surface area contributed by atoms with E-state index < -0.39 is 0 Å². The van der Waals surface area contributed by atoms with Crippen molar-refractivity contribution in [2.75, 3.05) is 13.6 Å². The maximum absolute atomic E-state index is 4.77. The van der Waals surface area contributed by atoms with Gasteiger partial charge in [-0.05, 0) is 24.7 Å². The molecular weight excluding hydrogens is 246 g/mol. The molecule has 1 aromatic heterocycles. The Kier molecular flexibility index (Phi) is 3.79. The molecule has 20 heavy (non-hydrogen) atoms. The second-order valence-electron chi connectivity index (χ2n) is 4.94. The minimum atomic E-state index is 0.875. The SMILES string of the molecule is CNCCc1nc2ccccc2n1Cc1ccccc1. The van der Waals surface area contributed by atoms with Gasteiger partial charge in [-0.3, -0.25) is 0 Å². The van der Waals surface area contributed by atoms with Gasteiger partial charge in [0.05, 0.1) is 11.0 Å². The van der Waals surface area contributed by atoms with E-state index in [1.165, 1.54) is 11.1 Å². The molecule has 3 nitrogen and oxygen atoms in total. The molecule has 102 valence electrons. The van der Waals surface area contributed by atoms with E-state index in [4.69, 9.17) is 4.98 Å². The van der Waals surface area contributed by atoms with Gasteiger partial charge < -0.3 is 9.88 Å². The van der Waals surface area contributed by atoms with Crippen molar-refractivity contribution < 1.29 is 0 Å². The van der Waals surface area contributed by atoms with Crippen LogP contribution in [0.1, 0.15) is 11.4 Å². The van der Waals surface area contributed by atoms with Gasteiger partial charge in [-0.25, -0.2) is 4.98 Å². The molecule has 0 aliphatic carbocycles. The number of hydrogen-bond acceptors (Lipinski definition) is 2. The van der Waals surface area contributed by atoms with E-state index in [-0.39, 0.29) is 0 Å². The Balaban J connectivity index is 2.01. The molecule has 2 aromatic carbocycles. The highest BCUT2D eigenvalue weighted by Crippen LogP contribution is 2.18. The van der Waals surface area contributed by atoms with Crippen LogP contribution in [0.15, 0.2) is 54.6 Å². The van der Waals surface area contributed by atoms with Gasteiger partial charge in [-0.15, -0.1) is 0 Å². The lowest BCUT2D eigenvalue weighted by Crippen LogP contribution is -2.14. The molecule has 0 radical (unpaired) electrons. The highest BCUT2D eigenvalue weighted by Gasteiger charge is 2.10. The summed E-state index contributed by atoms with van der Waals surface area (Å²) in [5.74, 6) is 1.14. The Hall–Kier alpha value is -2.13. The molecule has 3 aromatic rings. The molecule has 0 bridgehead atoms. The van der Waals surface area contributed by atoms with E-state index in [1.807, 2.05) is 13.1 Å². The third-order valence-electron chi connectivity index (χ3n) is 3.52. The van der Waals surface area contributed by atoms with Crippen LogP contribution in [-0.2, 0) is 13.0 Å². The Morgan fingerprint density at radius 1 is 1.00 bits per heavy atom. The Morgan fingerprint density at radius 3 is 2.55 bits per heavy atom. The maximum atomic E-state index is 4.77. The predicted octanol–water partition coefficient (Wildman–Crippen LogP) is 2.85. The molecule has 3 heteroatoms. The van der Waals surface area contributed by atoms with E-state index in [9.17, 15) is 0 Å². The van der Waals surface area contributed by atoms with E-state index >= 15 is 0 Å². The molecule has 0 aliphatic heterocycles. The molecule has 0 aliphatic rings. The molecule has 0 saturated carbocycles. The molecule has 0 amide bonds. The summed E-state index contributed by atoms with van der Waals surface area (Å²) in [6.07, 6.45) is 0.942. The van der Waals surface area contributed by atoms with Crippen LogP contribution in [0.3, 0.4) is 0 Å². The van der Waals surface area contributed by atoms with E-state index in [0.29, 0.717) is 0 Å². The summed E-state index contributed by atoms with van der Waals surface area (Å²) in [4.78, 5) is 4.77. The van der Waals surface area contributed by atoms with Crippen LogP contribution in [0.4, 0.5) is 0 Å². The minimum absolute atomic E-state index is 0.875. The van der Waals surface area contributed by atoms with Gasteiger partial charge in [-0.2, -0.15) is 0 Å². The van der Waals surface area contributed by atoms with Crippen molar-refractivity contribution in [2.24, 2.45) is 0 Å². The summed E-state index contributed by atoms with van der Waals surface area (Å²) in [6.45, 7) is 1.82. The summed E-state index contributed by atoms with van der Waals surface area (Å²) >= 11 is 0. The van der Waals surface area contributed by atoms with E-state index in [0.717, 1.165) is 30.9 Å². The first-order valence-electron chi connectivity index (χ1n) is 7.01. The van der Waals surface area contributed by atoms with Crippen molar-refractivity contribution in [1.82, 2.24) is 14.9 Å². The topological polar surface area (TPSA) is 29.9 Å². The van der Waals surface area contributed by atoms with Gasteiger partial charge in [0.2, 0.25) is 0 Å². The number of hydrogen-bond donors (Lipinski definition) is 1. The lowest BCUT2D eigenvalue weighted by molar-refractivity contribution is 0.696. The summed E-state index contributed by atoms with van der Waals surface area (Å²) in [5, 5.41) is 3.20. The van der Waals surface area contributed by atoms with Crippen molar-refractivity contribution >= 4 is 11.0 Å². The van der Waals surface area contributed by atoms with Crippen molar-refractivity contribution in [3.8, 4) is 0 Å². The first-order chi connectivity index (χ1) is 9.88. The highest BCUT2D eigenvalue weighted by molar-refractivity contribution is 5.76. The fourth-order valence-electron chi connectivity index (χ4n) is 2.50. The fourth-order valence-corrected chi connectivity index (χ4v) is 2.50. The number of fused-ring (bicyclic) bond motifs is 1. The maximum Gasteiger partial charge on any atom is 0.111 e. The first kappa shape index (κ1) is 12.9. The van der Waals surface area contributed by atoms with Crippen LogP contribution in [0.5, 0.6) is 0 Å². The van der Waals surface area contributed by atoms with Gasteiger partial charge >= 0.3 is 0 Å². The normalized spacial score (nSPS) is 11.1. The van der Waals surface area contributed by atoms with Crippen LogP contribution in [0.25, 0.3) is 11.0 Å². The largest absolute Gasteiger partial charge is 0.323 e. The number of benzene rings is 2. The molecule has 1 heterocycles. The van der Waals surface area contributed by atoms with Crippen molar-refractivity contribution in [1.29, 1.82) is 0 Å². The van der Waals surface area contributed by atoms with Crippen LogP contribution in [-0.4, -0.2) is 23.1 Å². The lowest BCUT2D eigenvalue weighted by Gasteiger charge is -2.09. The smallest absolute Gasteiger partial charge is 0.111 e. The molecular formula is C17H19N3. The quantitative estimate of drug-likeness (QED) is 0.769. The number of imidazole rings is 1. The van der Waals surface area contributed by atoms with Gasteiger partial charge in [0.15, 0.2) is 0 Å². The number of likely N-dealkylation sites (N-methyl/N-ethyl adjacent to an activating group) is 1. The number of aromatic nitrogens is 2. The minimum Gasteiger partial charge on any atom is -0.323 e. The number of rotatable bonds is 5. The van der Waals surface area contributed by atoms with Gasteiger partial charge in [0.25, 0.3) is 0 Å². The van der Waals surface area contributed by atoms with Crippen molar-refractivity contribution in [3.05, 3.63) is 66.0 Å². The predicted molar refractivity (Wildman–Crippen MR) is 82.9 cm³/mol. The number of nitrogens with one attached hydrogen (secondary N) is 1. The number of para-hydroxylation sites is 2. The van der Waals surface area contributed by atoms with E-state index in [1.54, 1.807) is 0 Å². The molecule has 1 N–H and O–H groups in total. The highest BCUT2D eigenvalue weighted by atomic mass is 15.1. The van der Waals surface area contributed by atoms with Gasteiger partial charge in [0.1, 0.15) is 5.82 Å². The summed E-state index contributed by atoms with van der Waals surface area (Å²) in [7, 11) is 1.98. The van der Waals surface area contributed by atoms with E-state index in [2.05, 4.69) is 58.4 Å². The standard InChI is InChI=1S/C17H19N3/c1-18-12-11-17-19-15-9-5-6-10-16(15)20(17)13-14-7-3-2-4-8-14/h2-10,18H,11-13H2,1H3. The molecule has 0 spiro atoms. The van der Waals surface area contributed by atoms with Crippen molar-refractivity contribution in [2.45, 2.75) is 13.0 Å².